The lowest BCUT2D eigenvalue weighted by Gasteiger charge is -2.15. The van der Waals surface area contributed by atoms with Gasteiger partial charge in [0.15, 0.2) is 0 Å². The van der Waals surface area contributed by atoms with Crippen molar-refractivity contribution in [1.82, 2.24) is 0 Å². The average molecular weight is 464 g/mol. The van der Waals surface area contributed by atoms with Crippen molar-refractivity contribution in [3.63, 3.8) is 0 Å². The van der Waals surface area contributed by atoms with Crippen molar-refractivity contribution >= 4 is 27.3 Å². The quantitative estimate of drug-likeness (QED) is 0.533. The summed E-state index contributed by atoms with van der Waals surface area (Å²) >= 11 is 0. The molecule has 3 rings (SSSR count). The molecule has 3 aromatic carbocycles. The average Bonchev–Trinajstić information content (AvgIpc) is 2.74. The van der Waals surface area contributed by atoms with E-state index in [9.17, 15) is 26.4 Å². The molecule has 1 amide bonds. The van der Waals surface area contributed by atoms with Gasteiger partial charge in [0.2, 0.25) is 0 Å². The minimum absolute atomic E-state index is 0.0349. The van der Waals surface area contributed by atoms with Crippen molar-refractivity contribution in [1.29, 1.82) is 0 Å². The zero-order valence-electron chi connectivity index (χ0n) is 17.0. The fraction of sp³-hybridized carbons (Fsp3) is 0.136. The predicted molar refractivity (Wildman–Crippen MR) is 114 cm³/mol. The Morgan fingerprint density at radius 1 is 0.938 bits per heavy atom. The second-order valence-electron chi connectivity index (χ2n) is 6.81. The van der Waals surface area contributed by atoms with E-state index in [0.717, 1.165) is 12.1 Å². The van der Waals surface area contributed by atoms with E-state index in [1.54, 1.807) is 19.1 Å². The third-order valence-electron chi connectivity index (χ3n) is 4.55. The first kappa shape index (κ1) is 23.1. The van der Waals surface area contributed by atoms with Crippen LogP contribution in [0, 0.1) is 6.92 Å². The Labute approximate surface area is 183 Å². The van der Waals surface area contributed by atoms with E-state index in [-0.39, 0.29) is 10.6 Å². The molecule has 0 saturated heterocycles. The molecule has 0 unspecified atom stereocenters. The van der Waals surface area contributed by atoms with E-state index in [1.165, 1.54) is 49.6 Å². The highest BCUT2D eigenvalue weighted by Crippen LogP contribution is 2.32. The third-order valence-corrected chi connectivity index (χ3v) is 6.08. The largest absolute Gasteiger partial charge is 0.497 e. The highest BCUT2D eigenvalue weighted by atomic mass is 32.2. The number of alkyl halides is 3. The number of carbonyl (C=O) groups excluding carboxylic acids is 1. The van der Waals surface area contributed by atoms with Crippen LogP contribution in [0.2, 0.25) is 0 Å². The highest BCUT2D eigenvalue weighted by Gasteiger charge is 2.34. The van der Waals surface area contributed by atoms with Crippen LogP contribution in [0.1, 0.15) is 21.5 Å². The van der Waals surface area contributed by atoms with Crippen LogP contribution in [-0.2, 0) is 16.2 Å². The Hall–Kier alpha value is -3.53. The number of rotatable bonds is 6. The molecule has 32 heavy (non-hydrogen) atoms. The standard InChI is InChI=1S/C22H19F3N2O4S/c1-14-7-8-16(26-21(28)18-5-3-4-6-19(18)22(23,24)25)13-20(14)32(29,30)27-15-9-11-17(31-2)12-10-15/h3-13,27H,1-2H3,(H,26,28). The molecule has 0 bridgehead atoms. The first-order valence-electron chi connectivity index (χ1n) is 9.26. The molecule has 168 valence electrons. The zero-order valence-corrected chi connectivity index (χ0v) is 17.8. The van der Waals surface area contributed by atoms with Crippen molar-refractivity contribution in [3.8, 4) is 5.75 Å². The summed E-state index contributed by atoms with van der Waals surface area (Å²) in [6.45, 7) is 1.56. The van der Waals surface area contributed by atoms with Crippen LogP contribution in [-0.4, -0.2) is 21.4 Å². The maximum Gasteiger partial charge on any atom is 0.417 e. The molecule has 0 atom stereocenters. The number of ether oxygens (including phenoxy) is 1. The van der Waals surface area contributed by atoms with Crippen LogP contribution >= 0.6 is 0 Å². The number of hydrogen-bond donors (Lipinski definition) is 2. The molecule has 0 aliphatic carbocycles. The Bertz CT molecular complexity index is 1240. The van der Waals surface area contributed by atoms with Crippen molar-refractivity contribution in [2.24, 2.45) is 0 Å². The number of benzene rings is 3. The number of methoxy groups -OCH3 is 1. The number of anilines is 2. The van der Waals surface area contributed by atoms with E-state index in [4.69, 9.17) is 4.74 Å². The van der Waals surface area contributed by atoms with Crippen LogP contribution < -0.4 is 14.8 Å². The Morgan fingerprint density at radius 2 is 1.56 bits per heavy atom. The van der Waals surface area contributed by atoms with E-state index < -0.39 is 33.2 Å². The molecule has 0 heterocycles. The van der Waals surface area contributed by atoms with Crippen molar-refractivity contribution in [2.45, 2.75) is 18.0 Å². The van der Waals surface area contributed by atoms with Gasteiger partial charge in [0.25, 0.3) is 15.9 Å². The second kappa shape index (κ2) is 8.91. The molecular formula is C22H19F3N2O4S. The summed E-state index contributed by atoms with van der Waals surface area (Å²) in [5, 5.41) is 2.34. The summed E-state index contributed by atoms with van der Waals surface area (Å²) < 4.78 is 72.8. The summed E-state index contributed by atoms with van der Waals surface area (Å²) in [6.07, 6.45) is -4.71. The minimum atomic E-state index is -4.71. The number of hydrogen-bond acceptors (Lipinski definition) is 4. The summed E-state index contributed by atoms with van der Waals surface area (Å²) in [6, 6.07) is 14.6. The fourth-order valence-corrected chi connectivity index (χ4v) is 4.29. The molecule has 0 aromatic heterocycles. The van der Waals surface area contributed by atoms with Crippen molar-refractivity contribution in [2.75, 3.05) is 17.1 Å². The summed E-state index contributed by atoms with van der Waals surface area (Å²) in [4.78, 5) is 12.4. The first-order valence-corrected chi connectivity index (χ1v) is 10.7. The summed E-state index contributed by atoms with van der Waals surface area (Å²) in [5.74, 6) is -0.457. The molecule has 6 nitrogen and oxygen atoms in total. The van der Waals surface area contributed by atoms with Crippen LogP contribution in [0.4, 0.5) is 24.5 Å². The van der Waals surface area contributed by atoms with Gasteiger partial charge in [-0.05, 0) is 61.0 Å². The fourth-order valence-electron chi connectivity index (χ4n) is 2.96. The van der Waals surface area contributed by atoms with Gasteiger partial charge in [-0.25, -0.2) is 8.42 Å². The molecule has 2 N–H and O–H groups in total. The monoisotopic (exact) mass is 464 g/mol. The molecule has 0 spiro atoms. The Morgan fingerprint density at radius 3 is 2.19 bits per heavy atom. The van der Waals surface area contributed by atoms with Crippen LogP contribution in [0.15, 0.2) is 71.6 Å². The molecular weight excluding hydrogens is 445 g/mol. The SMILES string of the molecule is COc1ccc(NS(=O)(=O)c2cc(NC(=O)c3ccccc3C(F)(F)F)ccc2C)cc1. The van der Waals surface area contributed by atoms with E-state index in [1.807, 2.05) is 0 Å². The Balaban J connectivity index is 1.88. The molecule has 0 aliphatic rings. The molecule has 0 radical (unpaired) electrons. The van der Waals surface area contributed by atoms with Crippen molar-refractivity contribution in [3.05, 3.63) is 83.4 Å². The van der Waals surface area contributed by atoms with Gasteiger partial charge in [0.1, 0.15) is 5.75 Å². The maximum absolute atomic E-state index is 13.2. The van der Waals surface area contributed by atoms with E-state index >= 15 is 0 Å². The van der Waals surface area contributed by atoms with Gasteiger partial charge in [0, 0.05) is 11.4 Å². The molecule has 3 aromatic rings. The normalized spacial score (nSPS) is 11.7. The van der Waals surface area contributed by atoms with Crippen LogP contribution in [0.5, 0.6) is 5.75 Å². The van der Waals surface area contributed by atoms with Gasteiger partial charge in [-0.15, -0.1) is 0 Å². The van der Waals surface area contributed by atoms with Crippen LogP contribution in [0.3, 0.4) is 0 Å². The third kappa shape index (κ3) is 5.20. The number of aryl methyl sites for hydroxylation is 1. The zero-order chi connectivity index (χ0) is 23.5. The number of nitrogens with one attached hydrogen (secondary N) is 2. The van der Waals surface area contributed by atoms with Crippen LogP contribution in [0.25, 0.3) is 0 Å². The van der Waals surface area contributed by atoms with Gasteiger partial charge in [-0.2, -0.15) is 13.2 Å². The van der Waals surface area contributed by atoms with Gasteiger partial charge in [0.05, 0.1) is 23.1 Å². The predicted octanol–water partition coefficient (Wildman–Crippen LogP) is 5.08. The van der Waals surface area contributed by atoms with Gasteiger partial charge in [-0.3, -0.25) is 9.52 Å². The maximum atomic E-state index is 13.2. The molecule has 10 heteroatoms. The lowest BCUT2D eigenvalue weighted by atomic mass is 10.1. The second-order valence-corrected chi connectivity index (χ2v) is 8.46. The Kier molecular flexibility index (Phi) is 6.45. The molecule has 0 saturated carbocycles. The van der Waals surface area contributed by atoms with E-state index in [0.29, 0.717) is 17.0 Å². The number of halogens is 3. The summed E-state index contributed by atoms with van der Waals surface area (Å²) in [5.41, 5.74) is -0.939. The smallest absolute Gasteiger partial charge is 0.417 e. The lowest BCUT2D eigenvalue weighted by molar-refractivity contribution is -0.137. The first-order chi connectivity index (χ1) is 15.0. The van der Waals surface area contributed by atoms with Gasteiger partial charge in [-0.1, -0.05) is 18.2 Å². The van der Waals surface area contributed by atoms with Crippen molar-refractivity contribution < 1.29 is 31.1 Å². The molecule has 0 aliphatic heterocycles. The van der Waals surface area contributed by atoms with Gasteiger partial charge >= 0.3 is 6.18 Å². The van der Waals surface area contributed by atoms with Gasteiger partial charge < -0.3 is 10.1 Å². The number of amides is 1. The lowest BCUT2D eigenvalue weighted by Crippen LogP contribution is -2.19. The minimum Gasteiger partial charge on any atom is -0.497 e. The number of sulfonamides is 1. The topological polar surface area (TPSA) is 84.5 Å². The summed E-state index contributed by atoms with van der Waals surface area (Å²) in [7, 11) is -2.56. The number of carbonyl (C=O) groups is 1. The highest BCUT2D eigenvalue weighted by molar-refractivity contribution is 7.92. The van der Waals surface area contributed by atoms with E-state index in [2.05, 4.69) is 10.0 Å². The molecule has 0 fully saturated rings.